The molecule has 0 spiro atoms. The zero-order chi connectivity index (χ0) is 21.2. The van der Waals surface area contributed by atoms with Crippen molar-refractivity contribution in [3.05, 3.63) is 35.9 Å². The molecule has 11 heteroatoms. The van der Waals surface area contributed by atoms with Gasteiger partial charge in [0.25, 0.3) is 5.91 Å². The fourth-order valence-corrected chi connectivity index (χ4v) is 2.05. The van der Waals surface area contributed by atoms with Crippen LogP contribution in [0.4, 0.5) is 16.4 Å². The zero-order valence-electron chi connectivity index (χ0n) is 16.1. The van der Waals surface area contributed by atoms with Crippen molar-refractivity contribution >= 4 is 29.6 Å². The Bertz CT molecular complexity index is 866. The van der Waals surface area contributed by atoms with E-state index < -0.39 is 24.6 Å². The number of nitrogens with zero attached hydrogens (tertiary/aromatic N) is 2. The number of hydrogen-bond donors (Lipinski definition) is 2. The molecular weight excluding hydrogens is 384 g/mol. The molecule has 11 nitrogen and oxygen atoms in total. The molecular formula is C18H20N4O7. The quantitative estimate of drug-likeness (QED) is 0.631. The van der Waals surface area contributed by atoms with Crippen molar-refractivity contribution in [3.63, 3.8) is 0 Å². The van der Waals surface area contributed by atoms with Crippen molar-refractivity contribution in [2.24, 2.45) is 0 Å². The summed E-state index contributed by atoms with van der Waals surface area (Å²) in [5.74, 6) is -1.10. The highest BCUT2D eigenvalue weighted by atomic mass is 16.5. The number of rotatable bonds is 8. The molecule has 0 aliphatic heterocycles. The largest absolute Gasteiger partial charge is 0.481 e. The summed E-state index contributed by atoms with van der Waals surface area (Å²) in [5.41, 5.74) is 0.491. The van der Waals surface area contributed by atoms with Crippen molar-refractivity contribution in [2.75, 3.05) is 38.1 Å². The number of anilines is 2. The Hall–Kier alpha value is -3.89. The Morgan fingerprint density at radius 2 is 1.66 bits per heavy atom. The summed E-state index contributed by atoms with van der Waals surface area (Å²) in [7, 11) is 2.81. The molecule has 29 heavy (non-hydrogen) atoms. The molecule has 2 N–H and O–H groups in total. The number of methoxy groups -OCH3 is 2. The van der Waals surface area contributed by atoms with Gasteiger partial charge in [-0.2, -0.15) is 9.97 Å². The van der Waals surface area contributed by atoms with E-state index in [1.165, 1.54) is 32.4 Å². The number of aromatic nitrogens is 2. The summed E-state index contributed by atoms with van der Waals surface area (Å²) in [6.45, 7) is 1.31. The average Bonchev–Trinajstić information content (AvgIpc) is 2.72. The highest BCUT2D eigenvalue weighted by molar-refractivity contribution is 5.96. The predicted octanol–water partition coefficient (Wildman–Crippen LogP) is 1.86. The smallest absolute Gasteiger partial charge is 0.411 e. The number of amides is 2. The first kappa shape index (κ1) is 21.4. The van der Waals surface area contributed by atoms with Gasteiger partial charge in [-0.25, -0.2) is 9.59 Å². The molecule has 1 heterocycles. The fourth-order valence-electron chi connectivity index (χ4n) is 2.05. The van der Waals surface area contributed by atoms with Gasteiger partial charge >= 0.3 is 12.1 Å². The minimum absolute atomic E-state index is 0.0668. The zero-order valence-corrected chi connectivity index (χ0v) is 16.1. The highest BCUT2D eigenvalue weighted by Crippen LogP contribution is 2.17. The molecule has 0 radical (unpaired) electrons. The third kappa shape index (κ3) is 6.65. The lowest BCUT2D eigenvalue weighted by Crippen LogP contribution is -2.22. The fraction of sp³-hybridized carbons (Fsp3) is 0.278. The second kappa shape index (κ2) is 10.4. The Balaban J connectivity index is 1.93. The normalized spacial score (nSPS) is 9.90. The van der Waals surface area contributed by atoms with Crippen LogP contribution in [0, 0.1) is 0 Å². The summed E-state index contributed by atoms with van der Waals surface area (Å²) in [4.78, 5) is 43.5. The number of esters is 1. The van der Waals surface area contributed by atoms with E-state index in [-0.39, 0.29) is 29.9 Å². The van der Waals surface area contributed by atoms with Crippen LogP contribution < -0.4 is 20.1 Å². The Morgan fingerprint density at radius 1 is 0.966 bits per heavy atom. The van der Waals surface area contributed by atoms with Gasteiger partial charge in [-0.1, -0.05) is 6.07 Å². The van der Waals surface area contributed by atoms with Crippen molar-refractivity contribution in [2.45, 2.75) is 6.92 Å². The van der Waals surface area contributed by atoms with Gasteiger partial charge in [0, 0.05) is 5.69 Å². The molecule has 0 saturated carbocycles. The lowest BCUT2D eigenvalue weighted by molar-refractivity contribution is -0.119. The Morgan fingerprint density at radius 3 is 2.28 bits per heavy atom. The van der Waals surface area contributed by atoms with Crippen LogP contribution in [0.3, 0.4) is 0 Å². The van der Waals surface area contributed by atoms with Crippen LogP contribution in [0.25, 0.3) is 0 Å². The van der Waals surface area contributed by atoms with E-state index in [0.29, 0.717) is 5.69 Å². The minimum atomic E-state index is -0.753. The molecule has 0 unspecified atom stereocenters. The van der Waals surface area contributed by atoms with Crippen molar-refractivity contribution in [1.29, 1.82) is 0 Å². The van der Waals surface area contributed by atoms with Crippen LogP contribution >= 0.6 is 0 Å². The van der Waals surface area contributed by atoms with Crippen LogP contribution in [-0.4, -0.2) is 55.4 Å². The molecule has 0 fully saturated rings. The maximum absolute atomic E-state index is 12.1. The van der Waals surface area contributed by atoms with E-state index in [1.807, 2.05) is 0 Å². The molecule has 0 atom stereocenters. The van der Waals surface area contributed by atoms with Crippen LogP contribution in [0.15, 0.2) is 30.3 Å². The monoisotopic (exact) mass is 404 g/mol. The molecule has 154 valence electrons. The van der Waals surface area contributed by atoms with Crippen molar-refractivity contribution in [1.82, 2.24) is 9.97 Å². The van der Waals surface area contributed by atoms with Crippen LogP contribution in [0.2, 0.25) is 0 Å². The van der Waals surface area contributed by atoms with Gasteiger partial charge < -0.3 is 18.9 Å². The number of hydrogen-bond acceptors (Lipinski definition) is 9. The average molecular weight is 404 g/mol. The summed E-state index contributed by atoms with van der Waals surface area (Å²) < 4.78 is 19.7. The highest BCUT2D eigenvalue weighted by Gasteiger charge is 2.14. The molecule has 2 amide bonds. The third-order valence-corrected chi connectivity index (χ3v) is 3.30. The van der Waals surface area contributed by atoms with Gasteiger partial charge in [0.15, 0.2) is 6.61 Å². The van der Waals surface area contributed by atoms with Gasteiger partial charge in [-0.15, -0.1) is 0 Å². The molecule has 1 aromatic carbocycles. The first-order chi connectivity index (χ1) is 13.9. The van der Waals surface area contributed by atoms with E-state index >= 15 is 0 Å². The van der Waals surface area contributed by atoms with E-state index in [0.717, 1.165) is 0 Å². The van der Waals surface area contributed by atoms with Crippen molar-refractivity contribution < 1.29 is 33.3 Å². The summed E-state index contributed by atoms with van der Waals surface area (Å²) in [5, 5.41) is 4.85. The SMILES string of the molecule is CCOC(=O)Nc1cccc(C(=O)OCC(=O)Nc2nc(OC)cc(OC)n2)c1. The summed E-state index contributed by atoms with van der Waals surface area (Å²) in [6.07, 6.45) is -0.647. The topological polar surface area (TPSA) is 138 Å². The molecule has 0 bridgehead atoms. The standard InChI is InChI=1S/C18H20N4O7/c1-4-28-18(25)19-12-7-5-6-11(8-12)16(24)29-10-13(23)20-17-21-14(26-2)9-15(22-17)27-3/h5-9H,4,10H2,1-3H3,(H,19,25)(H,20,21,22,23). The van der Waals surface area contributed by atoms with E-state index in [1.54, 1.807) is 19.1 Å². The van der Waals surface area contributed by atoms with E-state index in [9.17, 15) is 14.4 Å². The molecule has 1 aromatic heterocycles. The predicted molar refractivity (Wildman–Crippen MR) is 101 cm³/mol. The molecule has 2 rings (SSSR count). The number of carbonyl (C=O) groups is 3. The van der Waals surface area contributed by atoms with Crippen LogP contribution in [0.1, 0.15) is 17.3 Å². The number of nitrogens with one attached hydrogen (secondary N) is 2. The second-order valence-corrected chi connectivity index (χ2v) is 5.33. The first-order valence-electron chi connectivity index (χ1n) is 8.43. The van der Waals surface area contributed by atoms with E-state index in [4.69, 9.17) is 18.9 Å². The first-order valence-corrected chi connectivity index (χ1v) is 8.43. The number of carbonyl (C=O) groups excluding carboxylic acids is 3. The molecule has 0 aliphatic rings. The lowest BCUT2D eigenvalue weighted by atomic mass is 10.2. The van der Waals surface area contributed by atoms with Gasteiger partial charge in [0.2, 0.25) is 17.7 Å². The van der Waals surface area contributed by atoms with Crippen LogP contribution in [-0.2, 0) is 14.3 Å². The Kier molecular flexibility index (Phi) is 7.71. The second-order valence-electron chi connectivity index (χ2n) is 5.33. The number of ether oxygens (including phenoxy) is 4. The third-order valence-electron chi connectivity index (χ3n) is 3.30. The van der Waals surface area contributed by atoms with Crippen LogP contribution in [0.5, 0.6) is 11.8 Å². The molecule has 0 aliphatic carbocycles. The maximum Gasteiger partial charge on any atom is 0.411 e. The lowest BCUT2D eigenvalue weighted by Gasteiger charge is -2.09. The summed E-state index contributed by atoms with van der Waals surface area (Å²) in [6, 6.07) is 7.44. The van der Waals surface area contributed by atoms with Gasteiger partial charge in [-0.05, 0) is 25.1 Å². The Labute approximate surface area is 166 Å². The minimum Gasteiger partial charge on any atom is -0.481 e. The van der Waals surface area contributed by atoms with Crippen molar-refractivity contribution in [3.8, 4) is 11.8 Å². The molecule has 2 aromatic rings. The summed E-state index contributed by atoms with van der Waals surface area (Å²) >= 11 is 0. The number of benzene rings is 1. The van der Waals surface area contributed by atoms with E-state index in [2.05, 4.69) is 20.6 Å². The maximum atomic E-state index is 12.1. The molecule has 0 saturated heterocycles. The van der Waals surface area contributed by atoms with Gasteiger partial charge in [0.05, 0.1) is 32.5 Å². The van der Waals surface area contributed by atoms with Gasteiger partial charge in [0.1, 0.15) is 0 Å². The van der Waals surface area contributed by atoms with Gasteiger partial charge in [-0.3, -0.25) is 15.4 Å².